The molecule has 1 fully saturated rings. The number of benzene rings is 2. The number of esters is 2. The van der Waals surface area contributed by atoms with Crippen LogP contribution in [0, 0.1) is 0 Å². The van der Waals surface area contributed by atoms with Crippen LogP contribution in [0.15, 0.2) is 79.5 Å². The molecule has 3 heterocycles. The van der Waals surface area contributed by atoms with Gasteiger partial charge in [0.15, 0.2) is 5.65 Å². The van der Waals surface area contributed by atoms with Gasteiger partial charge in [0.1, 0.15) is 36.9 Å². The molecule has 0 radical (unpaired) electrons. The lowest BCUT2D eigenvalue weighted by atomic mass is 10.1. The van der Waals surface area contributed by atoms with E-state index in [2.05, 4.69) is 15.0 Å². The first-order chi connectivity index (χ1) is 16.2. The van der Waals surface area contributed by atoms with Crippen LogP contribution in [0.5, 0.6) is 0 Å². The first kappa shape index (κ1) is 20.8. The summed E-state index contributed by atoms with van der Waals surface area (Å²) < 4.78 is 19.2. The maximum atomic E-state index is 12.7. The predicted molar refractivity (Wildman–Crippen MR) is 116 cm³/mol. The number of carbonyl (C=O) groups is 2. The summed E-state index contributed by atoms with van der Waals surface area (Å²) in [5.74, 6) is -0.946. The third kappa shape index (κ3) is 4.44. The van der Waals surface area contributed by atoms with Gasteiger partial charge in [0.25, 0.3) is 0 Å². The van der Waals surface area contributed by atoms with E-state index in [1.165, 1.54) is 6.33 Å². The van der Waals surface area contributed by atoms with Crippen molar-refractivity contribution < 1.29 is 23.8 Å². The van der Waals surface area contributed by atoms with E-state index in [1.807, 2.05) is 12.1 Å². The van der Waals surface area contributed by atoms with Crippen LogP contribution in [0.2, 0.25) is 0 Å². The molecule has 0 amide bonds. The van der Waals surface area contributed by atoms with Crippen molar-refractivity contribution in [3.63, 3.8) is 0 Å². The molecule has 0 N–H and O–H groups in total. The lowest BCUT2D eigenvalue weighted by Gasteiger charge is -2.19. The van der Waals surface area contributed by atoms with Crippen molar-refractivity contribution >= 4 is 23.1 Å². The number of rotatable bonds is 6. The summed E-state index contributed by atoms with van der Waals surface area (Å²) in [7, 11) is 0. The van der Waals surface area contributed by atoms with Crippen molar-refractivity contribution in [3.05, 3.63) is 90.6 Å². The molecule has 33 heavy (non-hydrogen) atoms. The molecule has 0 bridgehead atoms. The fourth-order valence-corrected chi connectivity index (χ4v) is 3.74. The van der Waals surface area contributed by atoms with Gasteiger partial charge < -0.3 is 14.2 Å². The van der Waals surface area contributed by atoms with E-state index in [9.17, 15) is 9.59 Å². The molecule has 1 aliphatic rings. The summed E-state index contributed by atoms with van der Waals surface area (Å²) >= 11 is 0. The Morgan fingerprint density at radius 3 is 2.39 bits per heavy atom. The summed E-state index contributed by atoms with van der Waals surface area (Å²) in [6.45, 7) is -0.0709. The number of hydrogen-bond donors (Lipinski definition) is 0. The molecule has 3 unspecified atom stereocenters. The molecule has 0 spiro atoms. The van der Waals surface area contributed by atoms with Gasteiger partial charge in [-0.1, -0.05) is 36.4 Å². The van der Waals surface area contributed by atoms with E-state index in [4.69, 9.17) is 14.2 Å². The third-order valence-electron chi connectivity index (χ3n) is 5.39. The Labute approximate surface area is 189 Å². The van der Waals surface area contributed by atoms with E-state index >= 15 is 0 Å². The number of hydrogen-bond acceptors (Lipinski definition) is 8. The van der Waals surface area contributed by atoms with Crippen LogP contribution in [-0.2, 0) is 14.2 Å². The maximum Gasteiger partial charge on any atom is 0.338 e. The molecule has 1 saturated heterocycles. The second kappa shape index (κ2) is 9.17. The highest BCUT2D eigenvalue weighted by molar-refractivity contribution is 5.90. The van der Waals surface area contributed by atoms with Crippen LogP contribution in [0.4, 0.5) is 0 Å². The van der Waals surface area contributed by atoms with Crippen molar-refractivity contribution in [2.75, 3.05) is 6.61 Å². The third-order valence-corrected chi connectivity index (χ3v) is 5.39. The van der Waals surface area contributed by atoms with Gasteiger partial charge in [-0.15, -0.1) is 0 Å². The summed E-state index contributed by atoms with van der Waals surface area (Å²) in [4.78, 5) is 37.7. The molecule has 9 nitrogen and oxygen atoms in total. The summed E-state index contributed by atoms with van der Waals surface area (Å²) in [5.41, 5.74) is 2.09. The Bertz CT molecular complexity index is 1260. The van der Waals surface area contributed by atoms with Crippen molar-refractivity contribution in [1.29, 1.82) is 0 Å². The topological polar surface area (TPSA) is 105 Å². The fourth-order valence-electron chi connectivity index (χ4n) is 3.74. The van der Waals surface area contributed by atoms with Gasteiger partial charge in [-0.2, -0.15) is 0 Å². The van der Waals surface area contributed by atoms with E-state index in [-0.39, 0.29) is 6.61 Å². The first-order valence-corrected chi connectivity index (χ1v) is 10.5. The molecule has 5 rings (SSSR count). The van der Waals surface area contributed by atoms with Crippen LogP contribution in [0.3, 0.4) is 0 Å². The number of imidazole rings is 1. The first-order valence-electron chi connectivity index (χ1n) is 10.5. The highest BCUT2D eigenvalue weighted by Gasteiger charge is 2.40. The quantitative estimate of drug-likeness (QED) is 0.418. The van der Waals surface area contributed by atoms with Crippen molar-refractivity contribution in [2.45, 2.75) is 24.9 Å². The molecule has 3 atom stereocenters. The summed E-state index contributed by atoms with van der Waals surface area (Å²) in [5, 5.41) is 0. The Hall–Kier alpha value is -4.11. The lowest BCUT2D eigenvalue weighted by molar-refractivity contribution is -0.0563. The minimum absolute atomic E-state index is 0.0709. The van der Waals surface area contributed by atoms with Crippen LogP contribution in [0.25, 0.3) is 11.2 Å². The van der Waals surface area contributed by atoms with E-state index in [1.54, 1.807) is 65.6 Å². The molecule has 2 aromatic heterocycles. The van der Waals surface area contributed by atoms with Gasteiger partial charge in [-0.05, 0) is 24.3 Å². The molecule has 2 aromatic carbocycles. The number of ether oxygens (including phenoxy) is 3. The smallest absolute Gasteiger partial charge is 0.338 e. The fraction of sp³-hybridized carbons (Fsp3) is 0.208. The second-order valence-corrected chi connectivity index (χ2v) is 7.52. The van der Waals surface area contributed by atoms with Gasteiger partial charge >= 0.3 is 11.9 Å². The zero-order valence-corrected chi connectivity index (χ0v) is 17.5. The van der Waals surface area contributed by atoms with Crippen molar-refractivity contribution in [3.8, 4) is 0 Å². The van der Waals surface area contributed by atoms with Crippen molar-refractivity contribution in [1.82, 2.24) is 19.5 Å². The van der Waals surface area contributed by atoms with Crippen LogP contribution in [-0.4, -0.2) is 50.3 Å². The predicted octanol–water partition coefficient (Wildman–Crippen LogP) is 3.20. The Morgan fingerprint density at radius 2 is 1.67 bits per heavy atom. The largest absolute Gasteiger partial charge is 0.459 e. The summed E-state index contributed by atoms with van der Waals surface area (Å²) in [6.07, 6.45) is 3.21. The molecule has 0 saturated carbocycles. The maximum absolute atomic E-state index is 12.7. The monoisotopic (exact) mass is 444 g/mol. The zero-order chi connectivity index (χ0) is 22.6. The average molecular weight is 444 g/mol. The molecular formula is C24H20N4O5. The Kier molecular flexibility index (Phi) is 5.77. The standard InChI is InChI=1S/C24H20N4O5/c29-23(16-7-3-1-4-8-16)31-13-20-19(33-24(30)17-9-5-2-6-10-17)11-21(32-20)28-15-27-18-12-25-14-26-22(18)28/h1-10,12,14-15,19-21H,11,13H2. The van der Waals surface area contributed by atoms with Gasteiger partial charge in [0.2, 0.25) is 0 Å². The number of nitrogens with zero attached hydrogens (tertiary/aromatic N) is 4. The van der Waals surface area contributed by atoms with Crippen LogP contribution < -0.4 is 0 Å². The molecule has 9 heteroatoms. The number of aromatic nitrogens is 4. The van der Waals surface area contributed by atoms with Gasteiger partial charge in [0, 0.05) is 6.42 Å². The van der Waals surface area contributed by atoms with E-state index in [0.29, 0.717) is 28.7 Å². The van der Waals surface area contributed by atoms with Gasteiger partial charge in [-0.25, -0.2) is 24.5 Å². The Balaban J connectivity index is 1.35. The SMILES string of the molecule is O=C(OCC1OC(n2cnc3cncnc32)CC1OC(=O)c1ccccc1)c1ccccc1. The second-order valence-electron chi connectivity index (χ2n) is 7.52. The zero-order valence-electron chi connectivity index (χ0n) is 17.5. The van der Waals surface area contributed by atoms with Crippen molar-refractivity contribution in [2.24, 2.45) is 0 Å². The normalized spacial score (nSPS) is 19.9. The lowest BCUT2D eigenvalue weighted by Crippen LogP contribution is -2.32. The van der Waals surface area contributed by atoms with E-state index < -0.39 is 30.4 Å². The Morgan fingerprint density at radius 1 is 0.970 bits per heavy atom. The van der Waals surface area contributed by atoms with E-state index in [0.717, 1.165) is 0 Å². The average Bonchev–Trinajstić information content (AvgIpc) is 3.47. The number of carbonyl (C=O) groups excluding carboxylic acids is 2. The minimum atomic E-state index is -0.658. The molecule has 4 aromatic rings. The number of fused-ring (bicyclic) bond motifs is 1. The molecule has 166 valence electrons. The molecular weight excluding hydrogens is 424 g/mol. The van der Waals surface area contributed by atoms with Crippen LogP contribution >= 0.6 is 0 Å². The highest BCUT2D eigenvalue weighted by Crippen LogP contribution is 2.33. The summed E-state index contributed by atoms with van der Waals surface area (Å²) in [6, 6.07) is 17.4. The molecule has 1 aliphatic heterocycles. The van der Waals surface area contributed by atoms with Gasteiger partial charge in [0.05, 0.1) is 23.7 Å². The highest BCUT2D eigenvalue weighted by atomic mass is 16.6. The molecule has 0 aliphatic carbocycles. The minimum Gasteiger partial charge on any atom is -0.459 e. The van der Waals surface area contributed by atoms with Gasteiger partial charge in [-0.3, -0.25) is 4.57 Å². The van der Waals surface area contributed by atoms with Crippen LogP contribution in [0.1, 0.15) is 33.4 Å².